The van der Waals surface area contributed by atoms with Crippen LogP contribution in [0.4, 0.5) is 4.39 Å². The number of halogens is 3. The molecule has 5 nitrogen and oxygen atoms in total. The minimum Gasteiger partial charge on any atom is -0.344 e. The third-order valence-electron chi connectivity index (χ3n) is 4.28. The first kappa shape index (κ1) is 18.9. The third kappa shape index (κ3) is 3.79. The summed E-state index contributed by atoms with van der Waals surface area (Å²) >= 11 is 3.36. The summed E-state index contributed by atoms with van der Waals surface area (Å²) in [5.74, 6) is -0.159. The van der Waals surface area contributed by atoms with Gasteiger partial charge in [0.25, 0.3) is 5.91 Å². The van der Waals surface area contributed by atoms with Crippen LogP contribution in [0.25, 0.3) is 5.69 Å². The van der Waals surface area contributed by atoms with E-state index in [1.54, 1.807) is 18.3 Å². The van der Waals surface area contributed by atoms with Crippen LogP contribution in [-0.4, -0.2) is 27.8 Å². The molecule has 2 aromatic rings. The highest BCUT2D eigenvalue weighted by Crippen LogP contribution is 2.39. The zero-order chi connectivity index (χ0) is 16.6. The van der Waals surface area contributed by atoms with E-state index in [-0.39, 0.29) is 29.8 Å². The molecule has 0 spiro atoms. The Labute approximate surface area is 154 Å². The number of carbonyl (C=O) groups is 1. The van der Waals surface area contributed by atoms with Gasteiger partial charge in [0, 0.05) is 12.7 Å². The number of carbonyl (C=O) groups excluding carboxylic acids is 1. The zero-order valence-electron chi connectivity index (χ0n) is 13.1. The number of nitrogens with one attached hydrogen (secondary N) is 1. The Bertz CT molecular complexity index is 732. The Balaban J connectivity index is 0.00000208. The maximum Gasteiger partial charge on any atom is 0.273 e. The number of nitrogens with zero attached hydrogens (tertiary/aromatic N) is 2. The van der Waals surface area contributed by atoms with Gasteiger partial charge in [-0.05, 0) is 65.9 Å². The van der Waals surface area contributed by atoms with Gasteiger partial charge in [-0.25, -0.2) is 9.07 Å². The molecule has 130 valence electrons. The van der Waals surface area contributed by atoms with Crippen molar-refractivity contribution in [3.05, 3.63) is 46.4 Å². The molecule has 0 radical (unpaired) electrons. The predicted octanol–water partition coefficient (Wildman–Crippen LogP) is 3.05. The Hall–Kier alpha value is -1.44. The van der Waals surface area contributed by atoms with Gasteiger partial charge in [0.1, 0.15) is 5.82 Å². The fourth-order valence-corrected chi connectivity index (χ4v) is 3.04. The summed E-state index contributed by atoms with van der Waals surface area (Å²) in [6.45, 7) is 2.35. The lowest BCUT2D eigenvalue weighted by Gasteiger charge is -2.29. The van der Waals surface area contributed by atoms with E-state index in [2.05, 4.69) is 26.3 Å². The molecule has 1 amide bonds. The summed E-state index contributed by atoms with van der Waals surface area (Å²) in [4.78, 5) is 12.5. The number of hydrogen-bond acceptors (Lipinski definition) is 3. The highest BCUT2D eigenvalue weighted by Gasteiger charge is 2.42. The number of nitrogens with two attached hydrogens (primary N) is 1. The molecule has 1 aromatic carbocycles. The smallest absolute Gasteiger partial charge is 0.273 e. The van der Waals surface area contributed by atoms with Crippen LogP contribution in [-0.2, 0) is 0 Å². The summed E-state index contributed by atoms with van der Waals surface area (Å²) in [5.41, 5.74) is 6.39. The van der Waals surface area contributed by atoms with E-state index >= 15 is 0 Å². The largest absolute Gasteiger partial charge is 0.344 e. The van der Waals surface area contributed by atoms with E-state index in [9.17, 15) is 9.18 Å². The van der Waals surface area contributed by atoms with Gasteiger partial charge in [-0.3, -0.25) is 4.79 Å². The van der Waals surface area contributed by atoms with Crippen LogP contribution >= 0.6 is 28.3 Å². The fourth-order valence-electron chi connectivity index (χ4n) is 2.59. The SMILES string of the molecule is CC(CN)(NC(=O)c1nn(-c2ccc(F)cc2)cc1Br)C1CC1.Cl. The molecule has 1 aromatic heterocycles. The molecule has 1 fully saturated rings. The second-order valence-corrected chi connectivity index (χ2v) is 6.95. The molecule has 8 heteroatoms. The lowest BCUT2D eigenvalue weighted by molar-refractivity contribution is 0.0891. The lowest BCUT2D eigenvalue weighted by atomic mass is 9.96. The summed E-state index contributed by atoms with van der Waals surface area (Å²) in [7, 11) is 0. The van der Waals surface area contributed by atoms with Crippen molar-refractivity contribution in [1.82, 2.24) is 15.1 Å². The average Bonchev–Trinajstić information content (AvgIpc) is 3.31. The summed E-state index contributed by atoms with van der Waals surface area (Å²) in [5, 5.41) is 7.31. The summed E-state index contributed by atoms with van der Waals surface area (Å²) in [6, 6.07) is 5.90. The molecule has 0 aliphatic heterocycles. The normalized spacial score (nSPS) is 16.2. The van der Waals surface area contributed by atoms with E-state index in [1.165, 1.54) is 16.8 Å². The van der Waals surface area contributed by atoms with Crippen LogP contribution in [0.15, 0.2) is 34.9 Å². The minimum absolute atomic E-state index is 0. The van der Waals surface area contributed by atoms with Gasteiger partial charge in [0.2, 0.25) is 0 Å². The summed E-state index contributed by atoms with van der Waals surface area (Å²) < 4.78 is 15.1. The second-order valence-electron chi connectivity index (χ2n) is 6.10. The van der Waals surface area contributed by atoms with Crippen molar-refractivity contribution in [1.29, 1.82) is 0 Å². The number of amides is 1. The van der Waals surface area contributed by atoms with Crippen molar-refractivity contribution in [2.24, 2.45) is 11.7 Å². The molecule has 3 rings (SSSR count). The first-order valence-corrected chi connectivity index (χ1v) is 8.26. The van der Waals surface area contributed by atoms with Gasteiger partial charge in [-0.2, -0.15) is 5.10 Å². The third-order valence-corrected chi connectivity index (χ3v) is 4.86. The topological polar surface area (TPSA) is 72.9 Å². The Kier molecular flexibility index (Phi) is 5.67. The van der Waals surface area contributed by atoms with E-state index in [0.29, 0.717) is 22.6 Å². The molecular formula is C16H19BrClFN4O. The quantitative estimate of drug-likeness (QED) is 0.785. The van der Waals surface area contributed by atoms with E-state index < -0.39 is 5.54 Å². The van der Waals surface area contributed by atoms with Crippen molar-refractivity contribution < 1.29 is 9.18 Å². The van der Waals surface area contributed by atoms with Gasteiger partial charge in [0.05, 0.1) is 15.7 Å². The first-order chi connectivity index (χ1) is 10.9. The molecule has 24 heavy (non-hydrogen) atoms. The standard InChI is InChI=1S/C16H18BrFN4O.ClH/c1-16(9-19,10-2-3-10)20-15(23)14-13(17)8-22(21-14)12-6-4-11(18)5-7-12;/h4-8,10H,2-3,9,19H2,1H3,(H,20,23);1H. The van der Waals surface area contributed by atoms with Crippen LogP contribution in [0.1, 0.15) is 30.3 Å². The maximum absolute atomic E-state index is 13.0. The zero-order valence-corrected chi connectivity index (χ0v) is 15.5. The van der Waals surface area contributed by atoms with Crippen LogP contribution in [0.5, 0.6) is 0 Å². The Morgan fingerprint density at radius 2 is 2.08 bits per heavy atom. The van der Waals surface area contributed by atoms with Gasteiger partial charge in [-0.15, -0.1) is 12.4 Å². The molecule has 1 unspecified atom stereocenters. The van der Waals surface area contributed by atoms with Crippen molar-refractivity contribution in [2.75, 3.05) is 6.54 Å². The number of aromatic nitrogens is 2. The van der Waals surface area contributed by atoms with Crippen molar-refractivity contribution in [3.63, 3.8) is 0 Å². The van der Waals surface area contributed by atoms with Gasteiger partial charge < -0.3 is 11.1 Å². The van der Waals surface area contributed by atoms with Crippen molar-refractivity contribution in [3.8, 4) is 5.69 Å². The molecule has 3 N–H and O–H groups in total. The van der Waals surface area contributed by atoms with Crippen LogP contribution in [0, 0.1) is 11.7 Å². The highest BCUT2D eigenvalue weighted by atomic mass is 79.9. The molecule has 0 saturated heterocycles. The molecule has 1 aliphatic rings. The molecule has 1 aliphatic carbocycles. The lowest BCUT2D eigenvalue weighted by Crippen LogP contribution is -2.53. The van der Waals surface area contributed by atoms with Crippen LogP contribution in [0.2, 0.25) is 0 Å². The van der Waals surface area contributed by atoms with Gasteiger partial charge in [-0.1, -0.05) is 0 Å². The Morgan fingerprint density at radius 1 is 1.46 bits per heavy atom. The minimum atomic E-state index is -0.407. The fraction of sp³-hybridized carbons (Fsp3) is 0.375. The number of benzene rings is 1. The van der Waals surface area contributed by atoms with Crippen LogP contribution in [0.3, 0.4) is 0 Å². The summed E-state index contributed by atoms with van der Waals surface area (Å²) in [6.07, 6.45) is 3.84. The molecule has 1 heterocycles. The molecule has 1 atom stereocenters. The molecular weight excluding hydrogens is 399 g/mol. The van der Waals surface area contributed by atoms with Crippen LogP contribution < -0.4 is 11.1 Å². The van der Waals surface area contributed by atoms with Crippen molar-refractivity contribution >= 4 is 34.2 Å². The number of hydrogen-bond donors (Lipinski definition) is 2. The average molecular weight is 418 g/mol. The maximum atomic E-state index is 13.0. The van der Waals surface area contributed by atoms with E-state index in [0.717, 1.165) is 12.8 Å². The molecule has 0 bridgehead atoms. The predicted molar refractivity (Wildman–Crippen MR) is 96.1 cm³/mol. The second kappa shape index (κ2) is 7.21. The van der Waals surface area contributed by atoms with E-state index in [4.69, 9.17) is 5.73 Å². The first-order valence-electron chi connectivity index (χ1n) is 7.46. The van der Waals surface area contributed by atoms with E-state index in [1.807, 2.05) is 6.92 Å². The van der Waals surface area contributed by atoms with Gasteiger partial charge in [0.15, 0.2) is 5.69 Å². The Morgan fingerprint density at radius 3 is 2.62 bits per heavy atom. The highest BCUT2D eigenvalue weighted by molar-refractivity contribution is 9.10. The number of rotatable bonds is 5. The van der Waals surface area contributed by atoms with Crippen molar-refractivity contribution in [2.45, 2.75) is 25.3 Å². The molecule has 1 saturated carbocycles. The van der Waals surface area contributed by atoms with Gasteiger partial charge >= 0.3 is 0 Å². The monoisotopic (exact) mass is 416 g/mol.